The quantitative estimate of drug-likeness (QED) is 0.746. The normalized spacial score (nSPS) is 10.7. The van der Waals surface area contributed by atoms with Crippen molar-refractivity contribution >= 4 is 11.7 Å². The highest BCUT2D eigenvalue weighted by molar-refractivity contribution is 5.95. The van der Waals surface area contributed by atoms with Gasteiger partial charge in [0.2, 0.25) is 0 Å². The van der Waals surface area contributed by atoms with Crippen molar-refractivity contribution in [1.82, 2.24) is 4.90 Å². The Morgan fingerprint density at radius 3 is 2.50 bits per heavy atom. The lowest BCUT2D eigenvalue weighted by Crippen LogP contribution is -2.23. The molecule has 0 aliphatic rings. The Balaban J connectivity index is 3.03. The Morgan fingerprint density at radius 2 is 2.00 bits per heavy atom. The average Bonchev–Trinajstić information content (AvgIpc) is 2.25. The second kappa shape index (κ2) is 5.51. The first-order valence-electron chi connectivity index (χ1n) is 5.43. The van der Waals surface area contributed by atoms with Gasteiger partial charge in [-0.1, -0.05) is 26.0 Å². The minimum Gasteiger partial charge on any atom is -0.478 e. The monoisotopic (exact) mass is 222 g/mol. The molecule has 3 N–H and O–H groups in total. The molecule has 0 saturated heterocycles. The summed E-state index contributed by atoms with van der Waals surface area (Å²) in [6.07, 6.45) is 0. The molecule has 0 unspecified atom stereocenters. The summed E-state index contributed by atoms with van der Waals surface area (Å²) >= 11 is 0. The molecule has 16 heavy (non-hydrogen) atoms. The molecule has 0 bridgehead atoms. The van der Waals surface area contributed by atoms with E-state index in [9.17, 15) is 4.79 Å². The molecule has 0 spiro atoms. The van der Waals surface area contributed by atoms with Gasteiger partial charge in [-0.2, -0.15) is 0 Å². The first-order valence-corrected chi connectivity index (χ1v) is 5.43. The lowest BCUT2D eigenvalue weighted by atomic mass is 10.0. The highest BCUT2D eigenvalue weighted by Crippen LogP contribution is 2.18. The molecule has 0 aliphatic carbocycles. The van der Waals surface area contributed by atoms with E-state index in [0.29, 0.717) is 12.2 Å². The van der Waals surface area contributed by atoms with Gasteiger partial charge < -0.3 is 10.8 Å². The number of benzene rings is 1. The van der Waals surface area contributed by atoms with Crippen molar-refractivity contribution in [3.8, 4) is 0 Å². The van der Waals surface area contributed by atoms with Gasteiger partial charge >= 0.3 is 5.97 Å². The van der Waals surface area contributed by atoms with E-state index in [-0.39, 0.29) is 5.56 Å². The molecule has 0 aromatic heterocycles. The lowest BCUT2D eigenvalue weighted by Gasteiger charge is -2.19. The summed E-state index contributed by atoms with van der Waals surface area (Å²) in [6, 6.07) is 5.23. The number of nitrogens with zero attached hydrogens (tertiary/aromatic N) is 1. The fourth-order valence-electron chi connectivity index (χ4n) is 1.70. The van der Waals surface area contributed by atoms with Crippen LogP contribution < -0.4 is 5.73 Å². The smallest absolute Gasteiger partial charge is 0.338 e. The average molecular weight is 222 g/mol. The molecular formula is C12H18N2O2. The molecule has 0 aliphatic heterocycles. The van der Waals surface area contributed by atoms with Crippen molar-refractivity contribution in [2.75, 3.05) is 18.8 Å². The lowest BCUT2D eigenvalue weighted by molar-refractivity contribution is 0.0695. The molecule has 0 atom stereocenters. The van der Waals surface area contributed by atoms with Crippen molar-refractivity contribution < 1.29 is 9.90 Å². The van der Waals surface area contributed by atoms with Crippen molar-refractivity contribution in [2.24, 2.45) is 0 Å². The molecule has 88 valence electrons. The molecule has 0 radical (unpaired) electrons. The predicted molar refractivity (Wildman–Crippen MR) is 64.4 cm³/mol. The Bertz CT molecular complexity index is 373. The maximum absolute atomic E-state index is 11.1. The third-order valence-electron chi connectivity index (χ3n) is 2.69. The van der Waals surface area contributed by atoms with E-state index in [1.54, 1.807) is 12.1 Å². The number of nitrogen functional groups attached to an aromatic ring is 1. The van der Waals surface area contributed by atoms with Crippen LogP contribution in [0.2, 0.25) is 0 Å². The summed E-state index contributed by atoms with van der Waals surface area (Å²) in [4.78, 5) is 13.3. The third-order valence-corrected chi connectivity index (χ3v) is 2.69. The van der Waals surface area contributed by atoms with E-state index in [2.05, 4.69) is 18.7 Å². The van der Waals surface area contributed by atoms with Crippen LogP contribution in [-0.4, -0.2) is 29.1 Å². The second-order valence-corrected chi connectivity index (χ2v) is 3.65. The summed E-state index contributed by atoms with van der Waals surface area (Å²) in [7, 11) is 0. The number of hydrogen-bond donors (Lipinski definition) is 2. The molecule has 4 heteroatoms. The Kier molecular flexibility index (Phi) is 4.31. The van der Waals surface area contributed by atoms with Crippen LogP contribution in [0.1, 0.15) is 29.8 Å². The fraction of sp³-hybridized carbons (Fsp3) is 0.417. The summed E-state index contributed by atoms with van der Waals surface area (Å²) in [5, 5.41) is 9.11. The van der Waals surface area contributed by atoms with E-state index in [4.69, 9.17) is 10.8 Å². The standard InChI is InChI=1S/C12H18N2O2/c1-3-14(4-2)8-9-6-5-7-10(13)11(9)12(15)16/h5-7H,3-4,8,13H2,1-2H3,(H,15,16). The molecule has 4 nitrogen and oxygen atoms in total. The van der Waals surface area contributed by atoms with Crippen LogP contribution in [0, 0.1) is 0 Å². The molecule has 1 rings (SSSR count). The van der Waals surface area contributed by atoms with Crippen LogP contribution >= 0.6 is 0 Å². The number of rotatable bonds is 5. The van der Waals surface area contributed by atoms with Crippen molar-refractivity contribution in [2.45, 2.75) is 20.4 Å². The summed E-state index contributed by atoms with van der Waals surface area (Å²) < 4.78 is 0. The minimum atomic E-state index is -0.958. The Hall–Kier alpha value is -1.55. The van der Waals surface area contributed by atoms with Crippen molar-refractivity contribution in [3.63, 3.8) is 0 Å². The largest absolute Gasteiger partial charge is 0.478 e. The molecule has 0 amide bonds. The predicted octanol–water partition coefficient (Wildman–Crippen LogP) is 1.81. The van der Waals surface area contributed by atoms with E-state index >= 15 is 0 Å². The van der Waals surface area contributed by atoms with Crippen LogP contribution in [-0.2, 0) is 6.54 Å². The molecule has 0 saturated carbocycles. The number of carboxylic acid groups (broad SMARTS) is 1. The first kappa shape index (κ1) is 12.5. The number of hydrogen-bond acceptors (Lipinski definition) is 3. The van der Waals surface area contributed by atoms with E-state index in [1.807, 2.05) is 6.07 Å². The zero-order valence-electron chi connectivity index (χ0n) is 9.73. The summed E-state index contributed by atoms with van der Waals surface area (Å²) in [5.74, 6) is -0.958. The highest BCUT2D eigenvalue weighted by Gasteiger charge is 2.14. The highest BCUT2D eigenvalue weighted by atomic mass is 16.4. The van der Waals surface area contributed by atoms with Gasteiger partial charge in [0, 0.05) is 12.2 Å². The van der Waals surface area contributed by atoms with Gasteiger partial charge in [0.15, 0.2) is 0 Å². The third kappa shape index (κ3) is 2.73. The van der Waals surface area contributed by atoms with Gasteiger partial charge in [-0.05, 0) is 24.7 Å². The molecule has 0 fully saturated rings. The van der Waals surface area contributed by atoms with Crippen molar-refractivity contribution in [1.29, 1.82) is 0 Å². The van der Waals surface area contributed by atoms with Crippen molar-refractivity contribution in [3.05, 3.63) is 29.3 Å². The SMILES string of the molecule is CCN(CC)Cc1cccc(N)c1C(=O)O. The van der Waals surface area contributed by atoms with Gasteiger partial charge in [-0.25, -0.2) is 4.79 Å². The van der Waals surface area contributed by atoms with Crippen LogP contribution in [0.5, 0.6) is 0 Å². The Morgan fingerprint density at radius 1 is 1.38 bits per heavy atom. The molecule has 1 aromatic rings. The zero-order chi connectivity index (χ0) is 12.1. The van der Waals surface area contributed by atoms with Crippen LogP contribution in [0.15, 0.2) is 18.2 Å². The topological polar surface area (TPSA) is 66.6 Å². The number of aromatic carboxylic acids is 1. The summed E-state index contributed by atoms with van der Waals surface area (Å²) in [6.45, 7) is 6.51. The van der Waals surface area contributed by atoms with E-state index in [0.717, 1.165) is 18.7 Å². The zero-order valence-corrected chi connectivity index (χ0v) is 9.73. The number of carboxylic acids is 1. The molecule has 0 heterocycles. The second-order valence-electron chi connectivity index (χ2n) is 3.65. The van der Waals surface area contributed by atoms with Gasteiger partial charge in [0.1, 0.15) is 0 Å². The van der Waals surface area contributed by atoms with Crippen LogP contribution in [0.3, 0.4) is 0 Å². The van der Waals surface area contributed by atoms with Crippen LogP contribution in [0.4, 0.5) is 5.69 Å². The summed E-state index contributed by atoms with van der Waals surface area (Å²) in [5.41, 5.74) is 7.02. The van der Waals surface area contributed by atoms with Gasteiger partial charge in [-0.3, -0.25) is 4.90 Å². The van der Waals surface area contributed by atoms with Gasteiger partial charge in [0.05, 0.1) is 5.56 Å². The van der Waals surface area contributed by atoms with E-state index in [1.165, 1.54) is 0 Å². The number of nitrogens with two attached hydrogens (primary N) is 1. The minimum absolute atomic E-state index is 0.231. The molecular weight excluding hydrogens is 204 g/mol. The number of carbonyl (C=O) groups is 1. The molecule has 1 aromatic carbocycles. The maximum Gasteiger partial charge on any atom is 0.338 e. The van der Waals surface area contributed by atoms with Gasteiger partial charge in [0.25, 0.3) is 0 Å². The first-order chi connectivity index (χ1) is 7.60. The Labute approximate surface area is 95.7 Å². The van der Waals surface area contributed by atoms with Gasteiger partial charge in [-0.15, -0.1) is 0 Å². The van der Waals surface area contributed by atoms with Crippen LogP contribution in [0.25, 0.3) is 0 Å². The fourth-order valence-corrected chi connectivity index (χ4v) is 1.70. The number of anilines is 1. The van der Waals surface area contributed by atoms with E-state index < -0.39 is 5.97 Å². The maximum atomic E-state index is 11.1.